The fraction of sp³-hybridized carbons (Fsp3) is 0.316. The largest absolute Gasteiger partial charge is 0.497 e. The van der Waals surface area contributed by atoms with Gasteiger partial charge in [0, 0.05) is 20.1 Å². The number of nitrogens with zero attached hydrogens (tertiary/aromatic N) is 2. The minimum absolute atomic E-state index is 0. The number of hydrogen-bond acceptors (Lipinski definition) is 5. The van der Waals surface area contributed by atoms with Crippen LogP contribution in [0.3, 0.4) is 0 Å². The molecule has 0 aliphatic carbocycles. The molecule has 3 rings (SSSR count). The number of guanidine groups is 1. The summed E-state index contributed by atoms with van der Waals surface area (Å²) in [5.41, 5.74) is 1.27. The second-order valence-corrected chi connectivity index (χ2v) is 5.73. The maximum absolute atomic E-state index is 5.84. The zero-order valence-corrected chi connectivity index (χ0v) is 16.9. The highest BCUT2D eigenvalue weighted by Gasteiger charge is 2.10. The summed E-state index contributed by atoms with van der Waals surface area (Å²) in [6.07, 6.45) is 0.954. The van der Waals surface area contributed by atoms with Gasteiger partial charge in [0.05, 0.1) is 13.7 Å². The third kappa shape index (κ3) is 5.52. The van der Waals surface area contributed by atoms with Crippen molar-refractivity contribution in [2.24, 2.45) is 4.99 Å². The van der Waals surface area contributed by atoms with Gasteiger partial charge in [-0.2, -0.15) is 0 Å². The van der Waals surface area contributed by atoms with Gasteiger partial charge in [-0.25, -0.2) is 0 Å². The molecule has 0 amide bonds. The molecule has 1 aliphatic heterocycles. The zero-order valence-electron chi connectivity index (χ0n) is 14.6. The van der Waals surface area contributed by atoms with Crippen molar-refractivity contribution in [2.45, 2.75) is 6.42 Å². The van der Waals surface area contributed by atoms with E-state index in [1.54, 1.807) is 7.11 Å². The molecule has 0 radical (unpaired) electrons. The fourth-order valence-electron chi connectivity index (χ4n) is 2.55. The lowest BCUT2D eigenvalue weighted by molar-refractivity contribution is 0.413. The highest BCUT2D eigenvalue weighted by atomic mass is 127. The SMILES string of the molecule is COc1ccc(Oc2ccc(CCNC3=NCCN3C)cc2)cc1.I. The lowest BCUT2D eigenvalue weighted by Gasteiger charge is -2.15. The number of benzene rings is 2. The van der Waals surface area contributed by atoms with Crippen LogP contribution in [0.15, 0.2) is 53.5 Å². The topological polar surface area (TPSA) is 46.1 Å². The first-order valence-corrected chi connectivity index (χ1v) is 8.15. The van der Waals surface area contributed by atoms with Crippen LogP contribution in [0.25, 0.3) is 0 Å². The molecular formula is C19H24IN3O2. The van der Waals surface area contributed by atoms with Crippen molar-refractivity contribution >= 4 is 29.9 Å². The Hall–Kier alpha value is -1.96. The quantitative estimate of drug-likeness (QED) is 0.680. The monoisotopic (exact) mass is 453 g/mol. The Labute approximate surface area is 166 Å². The Morgan fingerprint density at radius 1 is 1.00 bits per heavy atom. The molecule has 25 heavy (non-hydrogen) atoms. The van der Waals surface area contributed by atoms with E-state index in [1.807, 2.05) is 36.4 Å². The Bertz CT molecular complexity index is 687. The molecule has 1 heterocycles. The van der Waals surface area contributed by atoms with E-state index in [9.17, 15) is 0 Å². The van der Waals surface area contributed by atoms with E-state index in [1.165, 1.54) is 5.56 Å². The predicted octanol–water partition coefficient (Wildman–Crippen LogP) is 3.54. The van der Waals surface area contributed by atoms with Gasteiger partial charge in [-0.1, -0.05) is 12.1 Å². The lowest BCUT2D eigenvalue weighted by atomic mass is 10.1. The molecule has 1 N–H and O–H groups in total. The van der Waals surface area contributed by atoms with E-state index in [2.05, 4.69) is 34.4 Å². The van der Waals surface area contributed by atoms with Crippen LogP contribution in [-0.4, -0.2) is 44.7 Å². The Kier molecular flexibility index (Phi) is 7.36. The summed E-state index contributed by atoms with van der Waals surface area (Å²) < 4.78 is 11.0. The summed E-state index contributed by atoms with van der Waals surface area (Å²) in [4.78, 5) is 6.57. The van der Waals surface area contributed by atoms with Gasteiger partial charge in [0.15, 0.2) is 5.96 Å². The Morgan fingerprint density at radius 2 is 1.60 bits per heavy atom. The van der Waals surface area contributed by atoms with Gasteiger partial charge in [-0.05, 0) is 48.4 Å². The average molecular weight is 453 g/mol. The van der Waals surface area contributed by atoms with Crippen molar-refractivity contribution in [3.05, 3.63) is 54.1 Å². The second kappa shape index (κ2) is 9.50. The van der Waals surface area contributed by atoms with Crippen LogP contribution in [0.1, 0.15) is 5.56 Å². The second-order valence-electron chi connectivity index (χ2n) is 5.73. The summed E-state index contributed by atoms with van der Waals surface area (Å²) >= 11 is 0. The molecule has 2 aromatic rings. The molecule has 0 unspecified atom stereocenters. The minimum Gasteiger partial charge on any atom is -0.497 e. The lowest BCUT2D eigenvalue weighted by Crippen LogP contribution is -2.36. The molecule has 0 spiro atoms. The number of nitrogens with one attached hydrogen (secondary N) is 1. The summed E-state index contributed by atoms with van der Waals surface area (Å²) in [6.45, 7) is 2.76. The van der Waals surface area contributed by atoms with E-state index in [0.29, 0.717) is 0 Å². The zero-order chi connectivity index (χ0) is 16.8. The normalized spacial score (nSPS) is 13.0. The van der Waals surface area contributed by atoms with E-state index in [-0.39, 0.29) is 24.0 Å². The molecule has 1 aliphatic rings. The van der Waals surface area contributed by atoms with Crippen LogP contribution in [-0.2, 0) is 6.42 Å². The van der Waals surface area contributed by atoms with Gasteiger partial charge in [0.1, 0.15) is 17.2 Å². The van der Waals surface area contributed by atoms with Crippen molar-refractivity contribution in [2.75, 3.05) is 33.8 Å². The highest BCUT2D eigenvalue weighted by Crippen LogP contribution is 2.24. The molecule has 134 valence electrons. The Balaban J connectivity index is 0.00000225. The first kappa shape index (κ1) is 19.4. The molecule has 0 atom stereocenters. The van der Waals surface area contributed by atoms with Gasteiger partial charge < -0.3 is 19.7 Å². The number of halogens is 1. The standard InChI is InChI=1S/C19H23N3O2.HI/c1-22-14-13-21-19(22)20-12-11-15-3-5-17(6-4-15)24-18-9-7-16(23-2)8-10-18;/h3-10H,11-14H2,1-2H3,(H,20,21);1H. The van der Waals surface area contributed by atoms with Crippen molar-refractivity contribution in [3.63, 3.8) is 0 Å². The van der Waals surface area contributed by atoms with E-state index < -0.39 is 0 Å². The fourth-order valence-corrected chi connectivity index (χ4v) is 2.55. The molecule has 6 heteroatoms. The van der Waals surface area contributed by atoms with Crippen LogP contribution in [0, 0.1) is 0 Å². The molecule has 5 nitrogen and oxygen atoms in total. The van der Waals surface area contributed by atoms with Gasteiger partial charge in [0.25, 0.3) is 0 Å². The molecular weight excluding hydrogens is 429 g/mol. The number of methoxy groups -OCH3 is 1. The van der Waals surface area contributed by atoms with Crippen LogP contribution in [0.4, 0.5) is 0 Å². The van der Waals surface area contributed by atoms with E-state index in [4.69, 9.17) is 9.47 Å². The van der Waals surface area contributed by atoms with Crippen molar-refractivity contribution < 1.29 is 9.47 Å². The molecule has 0 aromatic heterocycles. The molecule has 2 aromatic carbocycles. The van der Waals surface area contributed by atoms with Gasteiger partial charge >= 0.3 is 0 Å². The number of ether oxygens (including phenoxy) is 2. The van der Waals surface area contributed by atoms with Crippen molar-refractivity contribution in [1.82, 2.24) is 10.2 Å². The van der Waals surface area contributed by atoms with Gasteiger partial charge in [0.2, 0.25) is 0 Å². The smallest absolute Gasteiger partial charge is 0.193 e. The molecule has 0 saturated heterocycles. The van der Waals surface area contributed by atoms with Crippen LogP contribution >= 0.6 is 24.0 Å². The third-order valence-corrected chi connectivity index (χ3v) is 3.97. The van der Waals surface area contributed by atoms with Crippen LogP contribution < -0.4 is 14.8 Å². The summed E-state index contributed by atoms with van der Waals surface area (Å²) in [7, 11) is 3.71. The summed E-state index contributed by atoms with van der Waals surface area (Å²) in [5, 5.41) is 3.38. The van der Waals surface area contributed by atoms with E-state index >= 15 is 0 Å². The number of aliphatic imine (C=N–C) groups is 1. The van der Waals surface area contributed by atoms with E-state index in [0.717, 1.165) is 49.3 Å². The minimum atomic E-state index is 0. The van der Waals surface area contributed by atoms with Crippen LogP contribution in [0.5, 0.6) is 17.2 Å². The van der Waals surface area contributed by atoms with Crippen molar-refractivity contribution in [1.29, 1.82) is 0 Å². The predicted molar refractivity (Wildman–Crippen MR) is 112 cm³/mol. The third-order valence-electron chi connectivity index (χ3n) is 3.97. The maximum atomic E-state index is 5.84. The number of likely N-dealkylation sites (N-methyl/N-ethyl adjacent to an activating group) is 1. The average Bonchev–Trinajstić information content (AvgIpc) is 3.02. The Morgan fingerprint density at radius 3 is 2.16 bits per heavy atom. The van der Waals surface area contributed by atoms with Crippen molar-refractivity contribution in [3.8, 4) is 17.2 Å². The first-order valence-electron chi connectivity index (χ1n) is 8.15. The summed E-state index contributed by atoms with van der Waals surface area (Å²) in [5.74, 6) is 3.45. The van der Waals surface area contributed by atoms with Gasteiger partial charge in [-0.3, -0.25) is 4.99 Å². The number of hydrogen-bond donors (Lipinski definition) is 1. The molecule has 0 fully saturated rings. The molecule has 0 bridgehead atoms. The van der Waals surface area contributed by atoms with Gasteiger partial charge in [-0.15, -0.1) is 24.0 Å². The molecule has 0 saturated carbocycles. The highest BCUT2D eigenvalue weighted by molar-refractivity contribution is 14.0. The maximum Gasteiger partial charge on any atom is 0.193 e. The first-order chi connectivity index (χ1) is 11.7. The van der Waals surface area contributed by atoms with Crippen LogP contribution in [0.2, 0.25) is 0 Å². The number of rotatable bonds is 6. The summed E-state index contributed by atoms with van der Waals surface area (Å²) in [6, 6.07) is 15.8.